The van der Waals surface area contributed by atoms with Gasteiger partial charge in [0.25, 0.3) is 0 Å². The highest BCUT2D eigenvalue weighted by atomic mass is 16.7. The van der Waals surface area contributed by atoms with E-state index in [9.17, 15) is 81.1 Å². The molecule has 25 heteroatoms. The molecule has 4 saturated heterocycles. The molecule has 5 aliphatic rings. The summed E-state index contributed by atoms with van der Waals surface area (Å²) >= 11 is 0. The van der Waals surface area contributed by atoms with Gasteiger partial charge in [-0.25, -0.2) is 5.01 Å². The zero-order valence-electron chi connectivity index (χ0n) is 48.1. The average Bonchev–Trinajstić information content (AvgIpc) is 3.17. The van der Waals surface area contributed by atoms with Gasteiger partial charge in [0.05, 0.1) is 98.7 Å². The summed E-state index contributed by atoms with van der Waals surface area (Å²) in [7, 11) is 1.93. The lowest BCUT2D eigenvalue weighted by atomic mass is 9.82. The highest BCUT2D eigenvalue weighted by Gasteiger charge is 2.53. The summed E-state index contributed by atoms with van der Waals surface area (Å²) in [6.45, 7) is 7.62. The Hall–Kier alpha value is -3.72. The van der Waals surface area contributed by atoms with Crippen molar-refractivity contribution in [2.45, 2.75) is 201 Å². The number of rotatable bonds is 7. The number of fused-ring (bicyclic) bond motifs is 2. The van der Waals surface area contributed by atoms with Crippen molar-refractivity contribution in [1.82, 2.24) is 20.7 Å². The summed E-state index contributed by atoms with van der Waals surface area (Å²) in [6.07, 6.45) is -3.03. The van der Waals surface area contributed by atoms with Crippen LogP contribution in [0.2, 0.25) is 0 Å². The van der Waals surface area contributed by atoms with Gasteiger partial charge in [-0.3, -0.25) is 15.0 Å². The van der Waals surface area contributed by atoms with Crippen molar-refractivity contribution in [1.29, 1.82) is 0 Å². The van der Waals surface area contributed by atoms with E-state index < -0.39 is 184 Å². The fraction of sp³-hybridized carbons (Fsp3) is 0.724. The van der Waals surface area contributed by atoms with Crippen LogP contribution >= 0.6 is 0 Å². The first-order chi connectivity index (χ1) is 39.2. The number of ether oxygens (including phenoxy) is 5. The minimum absolute atomic E-state index is 0.129. The Morgan fingerprint density at radius 2 is 1.25 bits per heavy atom. The van der Waals surface area contributed by atoms with Crippen molar-refractivity contribution in [3.8, 4) is 0 Å². The standard InChI is InChI=1S/C58H94N4O21/c1-34-18-16-14-12-10-8-6-7-9-11-13-15-17-19-41(82-56-53(74)49(51(72)37(4)81-56)59-33-58(78)54(75)52(73)45(69)32-79-58)29-46-48(55(76)60-62-24-22-61(5)23-25-62)44(68)31-57(77,83-46)30-40(65)27-43(67)42(66)21-20-38(63)26-39(64)28-47(70)80-36(3)35(2)50(34)71/h6-19,34-46,48-54,56,59,63-69,71-75,77-78H,20-33H2,1-5H3,(H,60,76)/t34-,35?,36-,37+,38+,39+,40-,41-,42+,43+,44-,45+,46?,48?,49-,50+,51+,52+,53-,54-,56?,57+,58+/m0/s1. The van der Waals surface area contributed by atoms with Gasteiger partial charge in [0, 0.05) is 63.7 Å². The van der Waals surface area contributed by atoms with E-state index in [0.29, 0.717) is 26.2 Å². The predicted octanol–water partition coefficient (Wildman–Crippen LogP) is -2.66. The van der Waals surface area contributed by atoms with E-state index in [-0.39, 0.29) is 31.6 Å². The van der Waals surface area contributed by atoms with Gasteiger partial charge in [0.2, 0.25) is 11.7 Å². The number of allylic oxidation sites excluding steroid dienone is 12. The van der Waals surface area contributed by atoms with Crippen LogP contribution in [0.4, 0.5) is 0 Å². The zero-order valence-corrected chi connectivity index (χ0v) is 48.1. The molecule has 0 spiro atoms. The van der Waals surface area contributed by atoms with Crippen LogP contribution < -0.4 is 10.7 Å². The number of carbonyl (C=O) groups is 2. The number of piperazine rings is 1. The zero-order chi connectivity index (χ0) is 61.2. The lowest BCUT2D eigenvalue weighted by Gasteiger charge is -2.47. The van der Waals surface area contributed by atoms with Gasteiger partial charge in [-0.1, -0.05) is 98.9 Å². The molecule has 0 aromatic rings. The smallest absolute Gasteiger partial charge is 0.308 e. The van der Waals surface area contributed by atoms with Gasteiger partial charge in [-0.2, -0.15) is 0 Å². The minimum Gasteiger partial charge on any atom is -0.462 e. The number of hydrazine groups is 1. The monoisotopic (exact) mass is 1180 g/mol. The fourth-order valence-corrected chi connectivity index (χ4v) is 10.7. The molecule has 5 aliphatic heterocycles. The van der Waals surface area contributed by atoms with Crippen LogP contribution in [-0.4, -0.2) is 261 Å². The van der Waals surface area contributed by atoms with Crippen molar-refractivity contribution >= 4 is 11.9 Å². The van der Waals surface area contributed by atoms with Gasteiger partial charge in [0.15, 0.2) is 12.1 Å². The number of esters is 1. The molecule has 0 aliphatic carbocycles. The first-order valence-electron chi connectivity index (χ1n) is 28.8. The van der Waals surface area contributed by atoms with Crippen LogP contribution in [0.3, 0.4) is 0 Å². The minimum atomic E-state index is -2.47. The SMILES string of the molecule is CC1[C@H](C)OC(=O)C[C@H](O)C[C@H](O)CC[C@@H](O)[C@H](O)C[C@H](O)C[C@]2(O)C[C@H](O)C(C(=O)NN3CCN(C)CC3)C(C[C@@H](OC3O[C@H](C)[C@@H](O)[C@H](NC[C@@]4(O)OC[C@@H](O)[C@@H](O)[C@@H]4O)[C@@H]3O)C=CC=CC=CC=CC=CC=CC=C[C@H](C)[C@H]1O)O2. The Morgan fingerprint density at radius 3 is 1.88 bits per heavy atom. The Labute approximate surface area is 485 Å². The number of carbonyl (C=O) groups excluding carboxylic acids is 2. The van der Waals surface area contributed by atoms with Crippen molar-refractivity contribution < 1.29 is 105 Å². The molecule has 83 heavy (non-hydrogen) atoms. The molecular weight excluding hydrogens is 1090 g/mol. The molecule has 23 atom stereocenters. The third-order valence-electron chi connectivity index (χ3n) is 16.0. The molecule has 4 fully saturated rings. The number of likely N-dealkylation sites (N-methyl/N-ethyl adjacent to an activating group) is 1. The summed E-state index contributed by atoms with van der Waals surface area (Å²) < 4.78 is 29.5. The highest BCUT2D eigenvalue weighted by Crippen LogP contribution is 2.39. The van der Waals surface area contributed by atoms with E-state index in [2.05, 4.69) is 15.6 Å². The molecule has 1 amide bonds. The second-order valence-electron chi connectivity index (χ2n) is 23.0. The molecule has 25 nitrogen and oxygen atoms in total. The maximum atomic E-state index is 14.3. The summed E-state index contributed by atoms with van der Waals surface area (Å²) in [5.41, 5.74) is 2.86. The number of amides is 1. The molecule has 4 unspecified atom stereocenters. The number of hydrogen-bond donors (Lipinski definition) is 16. The largest absolute Gasteiger partial charge is 0.462 e. The van der Waals surface area contributed by atoms with Crippen LogP contribution in [0.1, 0.15) is 79.1 Å². The summed E-state index contributed by atoms with van der Waals surface area (Å²) in [5.74, 6) is -8.41. The van der Waals surface area contributed by atoms with E-state index >= 15 is 0 Å². The van der Waals surface area contributed by atoms with E-state index in [4.69, 9.17) is 23.7 Å². The van der Waals surface area contributed by atoms with E-state index in [1.165, 1.54) is 13.0 Å². The predicted molar refractivity (Wildman–Crippen MR) is 299 cm³/mol. The Morgan fingerprint density at radius 1 is 0.651 bits per heavy atom. The van der Waals surface area contributed by atoms with Crippen molar-refractivity contribution in [3.63, 3.8) is 0 Å². The van der Waals surface area contributed by atoms with Crippen molar-refractivity contribution in [2.24, 2.45) is 17.8 Å². The van der Waals surface area contributed by atoms with Crippen LogP contribution in [0.15, 0.2) is 85.1 Å². The summed E-state index contributed by atoms with van der Waals surface area (Å²) in [4.78, 5) is 29.1. The number of cyclic esters (lactones) is 1. The van der Waals surface area contributed by atoms with Crippen LogP contribution in [0.5, 0.6) is 0 Å². The molecular formula is C58H94N4O21. The maximum Gasteiger partial charge on any atom is 0.308 e. The Balaban J connectivity index is 1.43. The lowest BCUT2D eigenvalue weighted by Crippen LogP contribution is -2.69. The average molecular weight is 1180 g/mol. The molecule has 472 valence electrons. The fourth-order valence-electron chi connectivity index (χ4n) is 10.7. The second-order valence-corrected chi connectivity index (χ2v) is 23.0. The number of nitrogens with zero attached hydrogens (tertiary/aromatic N) is 2. The van der Waals surface area contributed by atoms with Crippen LogP contribution in [0, 0.1) is 17.8 Å². The number of hydrogen-bond acceptors (Lipinski definition) is 24. The van der Waals surface area contributed by atoms with Gasteiger partial charge >= 0.3 is 5.97 Å². The first-order valence-corrected chi connectivity index (χ1v) is 28.8. The van der Waals surface area contributed by atoms with E-state index in [1.807, 2.05) is 20.0 Å². The number of aliphatic hydroxyl groups is 14. The van der Waals surface area contributed by atoms with Gasteiger partial charge in [-0.15, -0.1) is 0 Å². The van der Waals surface area contributed by atoms with Crippen molar-refractivity contribution in [3.05, 3.63) is 85.1 Å². The third kappa shape index (κ3) is 21.6. The quantitative estimate of drug-likeness (QED) is 0.116. The maximum absolute atomic E-state index is 14.3. The topological polar surface area (TPSA) is 394 Å². The summed E-state index contributed by atoms with van der Waals surface area (Å²) in [6, 6.07) is -1.34. The molecule has 0 saturated carbocycles. The molecule has 5 rings (SSSR count). The normalized spacial score (nSPS) is 42.7. The number of aliphatic hydroxyl groups excluding tert-OH is 12. The van der Waals surface area contributed by atoms with Gasteiger partial charge in [-0.05, 0) is 40.2 Å². The van der Waals surface area contributed by atoms with Gasteiger partial charge in [0.1, 0.15) is 30.5 Å². The van der Waals surface area contributed by atoms with Crippen molar-refractivity contribution in [2.75, 3.05) is 46.4 Å². The number of nitrogens with one attached hydrogen (secondary N) is 2. The Kier molecular flexibility index (Phi) is 28.2. The summed E-state index contributed by atoms with van der Waals surface area (Å²) in [5, 5.41) is 159. The lowest BCUT2D eigenvalue weighted by molar-refractivity contribution is -0.323. The van der Waals surface area contributed by atoms with Crippen LogP contribution in [0.25, 0.3) is 0 Å². The molecule has 16 N–H and O–H groups in total. The molecule has 0 aromatic heterocycles. The Bertz CT molecular complexity index is 2200. The molecule has 0 aromatic carbocycles. The van der Waals surface area contributed by atoms with E-state index in [1.54, 1.807) is 91.8 Å². The van der Waals surface area contributed by atoms with Crippen LogP contribution in [-0.2, 0) is 33.3 Å². The second kappa shape index (κ2) is 33.4. The van der Waals surface area contributed by atoms with E-state index in [0.717, 1.165) is 0 Å². The van der Waals surface area contributed by atoms with Gasteiger partial charge < -0.3 is 105 Å². The molecule has 5 heterocycles. The third-order valence-corrected chi connectivity index (χ3v) is 16.0. The molecule has 2 bridgehead atoms. The molecule has 0 radical (unpaired) electrons. The first kappa shape index (κ1) is 70.0. The highest BCUT2D eigenvalue weighted by molar-refractivity contribution is 5.79.